The van der Waals surface area contributed by atoms with Crippen molar-refractivity contribution in [3.8, 4) is 11.5 Å². The van der Waals surface area contributed by atoms with E-state index in [-0.39, 0.29) is 11.6 Å². The highest BCUT2D eigenvalue weighted by atomic mass is 35.5. The molecule has 28 heavy (non-hydrogen) atoms. The molecule has 0 radical (unpaired) electrons. The summed E-state index contributed by atoms with van der Waals surface area (Å²) < 4.78 is 10.9. The second kappa shape index (κ2) is 9.87. The SMILES string of the molecule is Cc1c(Cl)ccc(OCC(=O)NNC(=O)C(C)Oc2ccc(Cl)cc2Cl)c1C. The maximum Gasteiger partial charge on any atom is 0.279 e. The fraction of sp³-hybridized carbons (Fsp3) is 0.263. The largest absolute Gasteiger partial charge is 0.483 e. The number of hydrogen-bond acceptors (Lipinski definition) is 4. The lowest BCUT2D eigenvalue weighted by molar-refractivity contribution is -0.133. The minimum atomic E-state index is -0.902. The topological polar surface area (TPSA) is 76.7 Å². The number of carbonyl (C=O) groups is 2. The molecule has 0 aliphatic heterocycles. The van der Waals surface area contributed by atoms with Crippen LogP contribution >= 0.6 is 34.8 Å². The molecule has 0 saturated carbocycles. The first-order valence-electron chi connectivity index (χ1n) is 8.28. The third-order valence-corrected chi connectivity index (χ3v) is 4.86. The maximum absolute atomic E-state index is 12.1. The van der Waals surface area contributed by atoms with Crippen molar-refractivity contribution < 1.29 is 19.1 Å². The highest BCUT2D eigenvalue weighted by Gasteiger charge is 2.17. The average molecular weight is 446 g/mol. The predicted octanol–water partition coefficient (Wildman–Crippen LogP) is 4.26. The van der Waals surface area contributed by atoms with E-state index >= 15 is 0 Å². The van der Waals surface area contributed by atoms with Crippen molar-refractivity contribution in [3.05, 3.63) is 56.5 Å². The molecule has 1 unspecified atom stereocenters. The molecule has 2 aromatic carbocycles. The molecule has 2 amide bonds. The Kier molecular flexibility index (Phi) is 7.80. The summed E-state index contributed by atoms with van der Waals surface area (Å²) in [4.78, 5) is 24.0. The van der Waals surface area contributed by atoms with Gasteiger partial charge in [-0.15, -0.1) is 0 Å². The summed E-state index contributed by atoms with van der Waals surface area (Å²) in [5.74, 6) is -0.246. The zero-order valence-corrected chi connectivity index (χ0v) is 17.7. The van der Waals surface area contributed by atoms with E-state index in [1.807, 2.05) is 13.8 Å². The molecule has 6 nitrogen and oxygen atoms in total. The van der Waals surface area contributed by atoms with Gasteiger partial charge in [0.05, 0.1) is 5.02 Å². The highest BCUT2D eigenvalue weighted by Crippen LogP contribution is 2.28. The van der Waals surface area contributed by atoms with Crippen LogP contribution in [0.1, 0.15) is 18.1 Å². The molecule has 0 aromatic heterocycles. The lowest BCUT2D eigenvalue weighted by Crippen LogP contribution is -2.48. The van der Waals surface area contributed by atoms with Crippen LogP contribution in [0.15, 0.2) is 30.3 Å². The molecule has 0 aliphatic carbocycles. The van der Waals surface area contributed by atoms with Crippen molar-refractivity contribution in [3.63, 3.8) is 0 Å². The van der Waals surface area contributed by atoms with E-state index in [4.69, 9.17) is 44.3 Å². The van der Waals surface area contributed by atoms with Gasteiger partial charge in [-0.3, -0.25) is 20.4 Å². The summed E-state index contributed by atoms with van der Waals surface area (Å²) in [5.41, 5.74) is 6.25. The second-order valence-corrected chi connectivity index (χ2v) is 7.21. The Morgan fingerprint density at radius 3 is 2.32 bits per heavy atom. The molecule has 0 spiro atoms. The van der Waals surface area contributed by atoms with Gasteiger partial charge in [-0.2, -0.15) is 0 Å². The van der Waals surface area contributed by atoms with Crippen LogP contribution in [0.25, 0.3) is 0 Å². The summed E-state index contributed by atoms with van der Waals surface area (Å²) >= 11 is 17.8. The van der Waals surface area contributed by atoms with Crippen LogP contribution in [-0.4, -0.2) is 24.5 Å². The molecule has 2 N–H and O–H groups in total. The minimum absolute atomic E-state index is 0.276. The number of hydrazine groups is 1. The van der Waals surface area contributed by atoms with Crippen molar-refractivity contribution in [1.29, 1.82) is 0 Å². The first-order chi connectivity index (χ1) is 13.2. The standard InChI is InChI=1S/C19H19Cl3N2O4/c1-10-11(2)16(7-5-14(10)21)27-9-18(25)23-24-19(26)12(3)28-17-6-4-13(20)8-15(17)22/h4-8,12H,9H2,1-3H3,(H,23,25)(H,24,26). The van der Waals surface area contributed by atoms with Gasteiger partial charge in [0.25, 0.3) is 11.8 Å². The zero-order valence-electron chi connectivity index (χ0n) is 15.4. The first kappa shape index (κ1) is 22.1. The molecule has 2 rings (SSSR count). The van der Waals surface area contributed by atoms with Crippen LogP contribution in [0.3, 0.4) is 0 Å². The maximum atomic E-state index is 12.1. The number of nitrogens with one attached hydrogen (secondary N) is 2. The molecule has 2 aromatic rings. The fourth-order valence-corrected chi connectivity index (χ4v) is 2.80. The molecule has 1 atom stereocenters. The van der Waals surface area contributed by atoms with Gasteiger partial charge >= 0.3 is 0 Å². The van der Waals surface area contributed by atoms with E-state index in [2.05, 4.69) is 10.9 Å². The Balaban J connectivity index is 1.81. The minimum Gasteiger partial charge on any atom is -0.483 e. The Morgan fingerprint density at radius 1 is 0.964 bits per heavy atom. The van der Waals surface area contributed by atoms with E-state index in [1.165, 1.54) is 13.0 Å². The van der Waals surface area contributed by atoms with Crippen LogP contribution in [-0.2, 0) is 9.59 Å². The predicted molar refractivity (Wildman–Crippen MR) is 109 cm³/mol. The van der Waals surface area contributed by atoms with Crippen molar-refractivity contribution in [2.75, 3.05) is 6.61 Å². The molecule has 9 heteroatoms. The van der Waals surface area contributed by atoms with Crippen LogP contribution < -0.4 is 20.3 Å². The monoisotopic (exact) mass is 444 g/mol. The lowest BCUT2D eigenvalue weighted by atomic mass is 10.1. The number of carbonyl (C=O) groups excluding carboxylic acids is 2. The van der Waals surface area contributed by atoms with Gasteiger partial charge < -0.3 is 9.47 Å². The number of halogens is 3. The Morgan fingerprint density at radius 2 is 1.64 bits per heavy atom. The number of hydrogen-bond donors (Lipinski definition) is 2. The van der Waals surface area contributed by atoms with Crippen LogP contribution in [0.5, 0.6) is 11.5 Å². The Bertz CT molecular complexity index is 890. The van der Waals surface area contributed by atoms with Gasteiger partial charge in [-0.25, -0.2) is 0 Å². The summed E-state index contributed by atoms with van der Waals surface area (Å²) in [6, 6.07) is 8.02. The zero-order chi connectivity index (χ0) is 20.8. The number of rotatable bonds is 6. The molecule has 0 bridgehead atoms. The summed E-state index contributed by atoms with van der Waals surface area (Å²) in [6.45, 7) is 4.94. The first-order valence-corrected chi connectivity index (χ1v) is 9.41. The quantitative estimate of drug-likeness (QED) is 0.652. The number of amides is 2. The van der Waals surface area contributed by atoms with Crippen molar-refractivity contribution in [2.24, 2.45) is 0 Å². The smallest absolute Gasteiger partial charge is 0.279 e. The van der Waals surface area contributed by atoms with Gasteiger partial charge in [-0.05, 0) is 62.2 Å². The van der Waals surface area contributed by atoms with Crippen LogP contribution in [0, 0.1) is 13.8 Å². The fourth-order valence-electron chi connectivity index (χ4n) is 2.15. The second-order valence-electron chi connectivity index (χ2n) is 5.96. The lowest BCUT2D eigenvalue weighted by Gasteiger charge is -2.16. The van der Waals surface area contributed by atoms with Crippen LogP contribution in [0.4, 0.5) is 0 Å². The molecular formula is C19H19Cl3N2O4. The van der Waals surface area contributed by atoms with Gasteiger partial charge in [0.2, 0.25) is 0 Å². The third-order valence-electron chi connectivity index (χ3n) is 3.92. The molecular weight excluding hydrogens is 427 g/mol. The molecule has 150 valence electrons. The van der Waals surface area contributed by atoms with Gasteiger partial charge in [0, 0.05) is 10.0 Å². The van der Waals surface area contributed by atoms with E-state index in [1.54, 1.807) is 24.3 Å². The summed E-state index contributed by atoms with van der Waals surface area (Å²) in [5, 5.41) is 1.35. The van der Waals surface area contributed by atoms with E-state index in [9.17, 15) is 9.59 Å². The van der Waals surface area contributed by atoms with Crippen molar-refractivity contribution in [1.82, 2.24) is 10.9 Å². The molecule has 0 aliphatic rings. The number of benzene rings is 2. The average Bonchev–Trinajstić information content (AvgIpc) is 2.65. The summed E-state index contributed by atoms with van der Waals surface area (Å²) in [6.07, 6.45) is -0.902. The highest BCUT2D eigenvalue weighted by molar-refractivity contribution is 6.35. The van der Waals surface area contributed by atoms with Crippen LogP contribution in [0.2, 0.25) is 15.1 Å². The Labute approximate surface area is 178 Å². The van der Waals surface area contributed by atoms with Gasteiger partial charge in [-0.1, -0.05) is 34.8 Å². The normalized spacial score (nSPS) is 11.5. The molecule has 0 saturated heterocycles. The Hall–Kier alpha value is -2.15. The van der Waals surface area contributed by atoms with Gasteiger partial charge in [0.1, 0.15) is 11.5 Å². The molecule has 0 fully saturated rings. The van der Waals surface area contributed by atoms with Gasteiger partial charge in [0.15, 0.2) is 12.7 Å². The summed E-state index contributed by atoms with van der Waals surface area (Å²) in [7, 11) is 0. The molecule has 0 heterocycles. The van der Waals surface area contributed by atoms with E-state index in [0.29, 0.717) is 21.5 Å². The number of ether oxygens (including phenoxy) is 2. The van der Waals surface area contributed by atoms with E-state index < -0.39 is 17.9 Å². The van der Waals surface area contributed by atoms with Crippen molar-refractivity contribution >= 4 is 46.6 Å². The van der Waals surface area contributed by atoms with Crippen molar-refractivity contribution in [2.45, 2.75) is 26.9 Å². The van der Waals surface area contributed by atoms with E-state index in [0.717, 1.165) is 11.1 Å². The third kappa shape index (κ3) is 5.92.